The Bertz CT molecular complexity index is 748. The first-order valence-corrected chi connectivity index (χ1v) is 8.07. The van der Waals surface area contributed by atoms with E-state index in [1.807, 2.05) is 23.9 Å². The highest BCUT2D eigenvalue weighted by atomic mass is 19.1. The summed E-state index contributed by atoms with van der Waals surface area (Å²) in [5, 5.41) is 0. The number of halogens is 1. The molecule has 0 aliphatic carbocycles. The van der Waals surface area contributed by atoms with E-state index in [0.717, 1.165) is 23.5 Å². The number of amides is 1. The summed E-state index contributed by atoms with van der Waals surface area (Å²) in [6, 6.07) is 6.22. The molecule has 0 N–H and O–H groups in total. The maximum Gasteiger partial charge on any atom is 0.227 e. The van der Waals surface area contributed by atoms with Gasteiger partial charge in [-0.15, -0.1) is 0 Å². The van der Waals surface area contributed by atoms with Gasteiger partial charge in [-0.25, -0.2) is 14.4 Å². The van der Waals surface area contributed by atoms with Crippen molar-refractivity contribution < 1.29 is 9.18 Å². The third-order valence-corrected chi connectivity index (χ3v) is 4.28. The van der Waals surface area contributed by atoms with Crippen LogP contribution < -0.4 is 4.90 Å². The number of hydrogen-bond donors (Lipinski definition) is 0. The van der Waals surface area contributed by atoms with Gasteiger partial charge in [0, 0.05) is 39.2 Å². The summed E-state index contributed by atoms with van der Waals surface area (Å²) in [4.78, 5) is 25.1. The third-order valence-electron chi connectivity index (χ3n) is 4.28. The fourth-order valence-corrected chi connectivity index (χ4v) is 3.08. The van der Waals surface area contributed by atoms with Gasteiger partial charge < -0.3 is 9.80 Å². The molecule has 5 nitrogen and oxygen atoms in total. The van der Waals surface area contributed by atoms with Crippen molar-refractivity contribution in [2.45, 2.75) is 19.3 Å². The summed E-state index contributed by atoms with van der Waals surface area (Å²) >= 11 is 0. The van der Waals surface area contributed by atoms with Gasteiger partial charge in [-0.05, 0) is 24.1 Å². The minimum atomic E-state index is -0.311. The van der Waals surface area contributed by atoms with Crippen LogP contribution in [0.1, 0.15) is 16.8 Å². The molecular weight excluding hydrogens is 307 g/mol. The number of anilines is 1. The van der Waals surface area contributed by atoms with Crippen LogP contribution in [0, 0.1) is 5.82 Å². The molecule has 126 valence electrons. The van der Waals surface area contributed by atoms with Crippen LogP contribution in [0.3, 0.4) is 0 Å². The molecule has 2 heterocycles. The summed E-state index contributed by atoms with van der Waals surface area (Å²) in [5.74, 6) is 0.627. The SMILES string of the molecule is CN(C)c1ncnc2c1CCN(C(=O)Cc1cccc(F)c1)CC2. The number of carbonyl (C=O) groups is 1. The van der Waals surface area contributed by atoms with Crippen molar-refractivity contribution in [2.24, 2.45) is 0 Å². The standard InChI is InChI=1S/C18H21FN4O/c1-22(2)18-15-6-8-23(9-7-16(15)20-12-21-18)17(24)11-13-4-3-5-14(19)10-13/h3-5,10,12H,6-9,11H2,1-2H3. The Labute approximate surface area is 141 Å². The number of nitrogens with zero attached hydrogens (tertiary/aromatic N) is 4. The van der Waals surface area contributed by atoms with E-state index in [2.05, 4.69) is 9.97 Å². The molecule has 0 unspecified atom stereocenters. The number of fused-ring (bicyclic) bond motifs is 1. The van der Waals surface area contributed by atoms with E-state index in [-0.39, 0.29) is 18.1 Å². The van der Waals surface area contributed by atoms with E-state index in [1.54, 1.807) is 18.5 Å². The molecule has 6 heteroatoms. The Morgan fingerprint density at radius 2 is 2.04 bits per heavy atom. The minimum Gasteiger partial charge on any atom is -0.362 e. The largest absolute Gasteiger partial charge is 0.362 e. The Hall–Kier alpha value is -2.50. The molecule has 0 atom stereocenters. The zero-order valence-corrected chi connectivity index (χ0v) is 14.0. The number of benzene rings is 1. The van der Waals surface area contributed by atoms with E-state index in [4.69, 9.17) is 0 Å². The molecule has 24 heavy (non-hydrogen) atoms. The molecule has 1 aromatic carbocycles. The summed E-state index contributed by atoms with van der Waals surface area (Å²) in [7, 11) is 3.92. The average Bonchev–Trinajstić information content (AvgIpc) is 2.77. The minimum absolute atomic E-state index is 0.0211. The monoisotopic (exact) mass is 328 g/mol. The van der Waals surface area contributed by atoms with Gasteiger partial charge in [-0.2, -0.15) is 0 Å². The summed E-state index contributed by atoms with van der Waals surface area (Å²) in [6.45, 7) is 1.26. The number of aromatic nitrogens is 2. The fraction of sp³-hybridized carbons (Fsp3) is 0.389. The van der Waals surface area contributed by atoms with Crippen LogP contribution in [0.2, 0.25) is 0 Å². The molecule has 1 amide bonds. The summed E-state index contributed by atoms with van der Waals surface area (Å²) < 4.78 is 13.3. The van der Waals surface area contributed by atoms with Crippen molar-refractivity contribution in [1.29, 1.82) is 0 Å². The average molecular weight is 328 g/mol. The van der Waals surface area contributed by atoms with Crippen molar-refractivity contribution in [2.75, 3.05) is 32.1 Å². The van der Waals surface area contributed by atoms with Crippen LogP contribution in [-0.2, 0) is 24.1 Å². The van der Waals surface area contributed by atoms with E-state index in [9.17, 15) is 9.18 Å². The highest BCUT2D eigenvalue weighted by molar-refractivity contribution is 5.79. The molecular formula is C18H21FN4O. The fourth-order valence-electron chi connectivity index (χ4n) is 3.08. The molecule has 0 saturated heterocycles. The van der Waals surface area contributed by atoms with Crippen molar-refractivity contribution in [3.05, 3.63) is 53.2 Å². The molecule has 0 saturated carbocycles. The second-order valence-corrected chi connectivity index (χ2v) is 6.20. The molecule has 0 radical (unpaired) electrons. The molecule has 0 fully saturated rings. The smallest absolute Gasteiger partial charge is 0.227 e. The first-order chi connectivity index (χ1) is 11.5. The maximum atomic E-state index is 13.3. The summed E-state index contributed by atoms with van der Waals surface area (Å²) in [6.07, 6.45) is 3.25. The Kier molecular flexibility index (Phi) is 4.74. The quantitative estimate of drug-likeness (QED) is 0.863. The zero-order chi connectivity index (χ0) is 17.1. The van der Waals surface area contributed by atoms with Gasteiger partial charge in [0.15, 0.2) is 0 Å². The molecule has 0 spiro atoms. The van der Waals surface area contributed by atoms with Crippen molar-refractivity contribution in [1.82, 2.24) is 14.9 Å². The van der Waals surface area contributed by atoms with Gasteiger partial charge in [0.2, 0.25) is 5.91 Å². The molecule has 1 aromatic heterocycles. The van der Waals surface area contributed by atoms with Crippen LogP contribution >= 0.6 is 0 Å². The molecule has 1 aliphatic heterocycles. The number of rotatable bonds is 3. The zero-order valence-electron chi connectivity index (χ0n) is 14.0. The lowest BCUT2D eigenvalue weighted by Crippen LogP contribution is -2.34. The Morgan fingerprint density at radius 1 is 1.25 bits per heavy atom. The molecule has 2 aromatic rings. The van der Waals surface area contributed by atoms with Crippen molar-refractivity contribution in [3.63, 3.8) is 0 Å². The van der Waals surface area contributed by atoms with Gasteiger partial charge in [0.05, 0.1) is 12.1 Å². The topological polar surface area (TPSA) is 49.3 Å². The molecule has 1 aliphatic rings. The highest BCUT2D eigenvalue weighted by Crippen LogP contribution is 2.22. The normalized spacial score (nSPS) is 14.0. The van der Waals surface area contributed by atoms with Crippen LogP contribution in [0.15, 0.2) is 30.6 Å². The highest BCUT2D eigenvalue weighted by Gasteiger charge is 2.22. The lowest BCUT2D eigenvalue weighted by molar-refractivity contribution is -0.130. The van der Waals surface area contributed by atoms with E-state index < -0.39 is 0 Å². The van der Waals surface area contributed by atoms with Crippen LogP contribution in [0.5, 0.6) is 0 Å². The van der Waals surface area contributed by atoms with E-state index in [1.165, 1.54) is 12.1 Å². The van der Waals surface area contributed by atoms with E-state index in [0.29, 0.717) is 25.1 Å². The first-order valence-electron chi connectivity index (χ1n) is 8.07. The predicted octanol–water partition coefficient (Wildman–Crippen LogP) is 1.85. The number of hydrogen-bond acceptors (Lipinski definition) is 4. The van der Waals surface area contributed by atoms with E-state index >= 15 is 0 Å². The van der Waals surface area contributed by atoms with Crippen LogP contribution in [0.4, 0.5) is 10.2 Å². The maximum absolute atomic E-state index is 13.3. The van der Waals surface area contributed by atoms with Crippen LogP contribution in [-0.4, -0.2) is 48.0 Å². The van der Waals surface area contributed by atoms with Gasteiger partial charge in [-0.1, -0.05) is 12.1 Å². The van der Waals surface area contributed by atoms with Gasteiger partial charge in [-0.3, -0.25) is 4.79 Å². The third kappa shape index (κ3) is 3.53. The lowest BCUT2D eigenvalue weighted by atomic mass is 10.1. The predicted molar refractivity (Wildman–Crippen MR) is 90.5 cm³/mol. The first kappa shape index (κ1) is 16.4. The Balaban J connectivity index is 1.72. The molecule has 3 rings (SSSR count). The van der Waals surface area contributed by atoms with Gasteiger partial charge in [0.1, 0.15) is 18.0 Å². The lowest BCUT2D eigenvalue weighted by Gasteiger charge is -2.20. The second kappa shape index (κ2) is 6.95. The van der Waals surface area contributed by atoms with Gasteiger partial charge >= 0.3 is 0 Å². The molecule has 0 bridgehead atoms. The number of carbonyl (C=O) groups excluding carboxylic acids is 1. The Morgan fingerprint density at radius 3 is 2.79 bits per heavy atom. The van der Waals surface area contributed by atoms with Gasteiger partial charge in [0.25, 0.3) is 0 Å². The second-order valence-electron chi connectivity index (χ2n) is 6.20. The van der Waals surface area contributed by atoms with Crippen molar-refractivity contribution in [3.8, 4) is 0 Å². The van der Waals surface area contributed by atoms with Crippen LogP contribution in [0.25, 0.3) is 0 Å². The summed E-state index contributed by atoms with van der Waals surface area (Å²) in [5.41, 5.74) is 2.83. The van der Waals surface area contributed by atoms with Crippen molar-refractivity contribution >= 4 is 11.7 Å².